The number of allylic oxidation sites excluding steroid dienone is 1. The maximum Gasteiger partial charge on any atom is 0.414 e. The van der Waals surface area contributed by atoms with E-state index in [0.717, 1.165) is 24.2 Å². The van der Waals surface area contributed by atoms with Crippen molar-refractivity contribution in [2.24, 2.45) is 0 Å². The first-order chi connectivity index (χ1) is 14.4. The van der Waals surface area contributed by atoms with Gasteiger partial charge in [0.2, 0.25) is 0 Å². The quantitative estimate of drug-likeness (QED) is 0.656. The average molecular weight is 410 g/mol. The number of aromatic amines is 1. The number of nitrogens with one attached hydrogen (secondary N) is 1. The van der Waals surface area contributed by atoms with Gasteiger partial charge in [-0.2, -0.15) is 5.10 Å². The maximum absolute atomic E-state index is 11.9. The number of aromatic nitrogens is 3. The van der Waals surface area contributed by atoms with Crippen LogP contribution < -0.4 is 10.3 Å². The molecular weight excluding hydrogens is 388 g/mol. The molecule has 0 unspecified atom stereocenters. The molecule has 30 heavy (non-hydrogen) atoms. The number of nitrogens with zero attached hydrogens (tertiary/aromatic N) is 3. The zero-order valence-electron chi connectivity index (χ0n) is 16.8. The fourth-order valence-corrected chi connectivity index (χ4v) is 3.48. The highest BCUT2D eigenvalue weighted by Crippen LogP contribution is 2.29. The van der Waals surface area contributed by atoms with Gasteiger partial charge in [0.15, 0.2) is 5.52 Å². The molecule has 0 radical (unpaired) electrons. The van der Waals surface area contributed by atoms with Crippen molar-refractivity contribution >= 4 is 17.0 Å². The molecule has 2 aromatic heterocycles. The van der Waals surface area contributed by atoms with Gasteiger partial charge in [0.1, 0.15) is 23.3 Å². The molecule has 0 saturated carbocycles. The summed E-state index contributed by atoms with van der Waals surface area (Å²) in [6, 6.07) is 7.47. The molecule has 3 heterocycles. The van der Waals surface area contributed by atoms with Crippen LogP contribution in [0.15, 0.2) is 45.9 Å². The van der Waals surface area contributed by atoms with Crippen LogP contribution in [0.3, 0.4) is 0 Å². The van der Waals surface area contributed by atoms with Gasteiger partial charge in [-0.05, 0) is 38.1 Å². The average Bonchev–Trinajstić information content (AvgIpc) is 3.12. The van der Waals surface area contributed by atoms with Crippen molar-refractivity contribution in [2.45, 2.75) is 32.8 Å². The number of amides is 1. The van der Waals surface area contributed by atoms with E-state index >= 15 is 0 Å². The summed E-state index contributed by atoms with van der Waals surface area (Å²) >= 11 is 0. The lowest BCUT2D eigenvalue weighted by Crippen LogP contribution is -2.41. The fourth-order valence-electron chi connectivity index (χ4n) is 3.48. The first kappa shape index (κ1) is 19.7. The summed E-state index contributed by atoms with van der Waals surface area (Å²) in [5.74, 6) is 1.65. The minimum atomic E-state index is -0.385. The molecule has 9 nitrogen and oxygen atoms in total. The molecule has 1 aliphatic heterocycles. The van der Waals surface area contributed by atoms with Gasteiger partial charge in [-0.3, -0.25) is 4.79 Å². The van der Waals surface area contributed by atoms with Crippen LogP contribution in [0.1, 0.15) is 25.5 Å². The number of likely N-dealkylation sites (tertiary alicyclic amines) is 1. The van der Waals surface area contributed by atoms with E-state index in [0.29, 0.717) is 35.7 Å². The van der Waals surface area contributed by atoms with Gasteiger partial charge in [-0.25, -0.2) is 9.89 Å². The predicted octanol–water partition coefficient (Wildman–Crippen LogP) is 3.40. The molecule has 1 saturated heterocycles. The monoisotopic (exact) mass is 410 g/mol. The molecule has 0 aliphatic carbocycles. The molecule has 0 bridgehead atoms. The number of rotatable bonds is 4. The molecule has 1 aromatic carbocycles. The topological polar surface area (TPSA) is 111 Å². The van der Waals surface area contributed by atoms with Crippen molar-refractivity contribution in [3.8, 4) is 17.0 Å². The Balaban J connectivity index is 1.43. The van der Waals surface area contributed by atoms with Crippen LogP contribution in [0.25, 0.3) is 22.2 Å². The van der Waals surface area contributed by atoms with E-state index in [4.69, 9.17) is 14.0 Å². The number of ether oxygens (including phenoxy) is 2. The Morgan fingerprint density at radius 1 is 1.27 bits per heavy atom. The van der Waals surface area contributed by atoms with E-state index in [9.17, 15) is 9.59 Å². The normalized spacial score (nSPS) is 14.7. The van der Waals surface area contributed by atoms with Crippen LogP contribution in [0.4, 0.5) is 4.79 Å². The fraction of sp³-hybridized carbons (Fsp3) is 0.333. The third-order valence-corrected chi connectivity index (χ3v) is 4.98. The summed E-state index contributed by atoms with van der Waals surface area (Å²) in [6.07, 6.45) is 1.08. The number of benzene rings is 1. The van der Waals surface area contributed by atoms with Gasteiger partial charge in [-0.15, -0.1) is 0 Å². The van der Waals surface area contributed by atoms with Crippen molar-refractivity contribution in [1.29, 1.82) is 0 Å². The Kier molecular flexibility index (Phi) is 5.26. The Morgan fingerprint density at radius 3 is 2.63 bits per heavy atom. The largest absolute Gasteiger partial charge is 0.490 e. The van der Waals surface area contributed by atoms with Crippen molar-refractivity contribution in [3.63, 3.8) is 0 Å². The van der Waals surface area contributed by atoms with Gasteiger partial charge >= 0.3 is 6.09 Å². The van der Waals surface area contributed by atoms with E-state index in [2.05, 4.69) is 21.9 Å². The lowest BCUT2D eigenvalue weighted by atomic mass is 10.1. The van der Waals surface area contributed by atoms with Crippen molar-refractivity contribution in [3.05, 3.63) is 52.7 Å². The standard InChI is InChI=1S/C21H22N4O5/c1-12(2)28-21(27)25-10-8-16(9-11-25)29-15-6-4-14(5-7-15)18-17-13(3)30-24-19(17)20(26)23-22-18/h4-7,16H,1,8-11H2,2-3H3,(H,23,26). The van der Waals surface area contributed by atoms with E-state index in [1.165, 1.54) is 0 Å². The molecule has 1 N–H and O–H groups in total. The summed E-state index contributed by atoms with van der Waals surface area (Å²) in [5.41, 5.74) is 1.25. The van der Waals surface area contributed by atoms with E-state index in [1.54, 1.807) is 18.7 Å². The lowest BCUT2D eigenvalue weighted by molar-refractivity contribution is 0.0820. The third-order valence-electron chi connectivity index (χ3n) is 4.98. The van der Waals surface area contributed by atoms with Gasteiger partial charge < -0.3 is 18.9 Å². The smallest absolute Gasteiger partial charge is 0.414 e. The van der Waals surface area contributed by atoms with Gasteiger partial charge in [0.25, 0.3) is 5.56 Å². The Bertz CT molecular complexity index is 1140. The predicted molar refractivity (Wildman–Crippen MR) is 109 cm³/mol. The number of carbonyl (C=O) groups excluding carboxylic acids is 1. The summed E-state index contributed by atoms with van der Waals surface area (Å²) in [7, 11) is 0. The highest BCUT2D eigenvalue weighted by Gasteiger charge is 2.25. The lowest BCUT2D eigenvalue weighted by Gasteiger charge is -2.31. The number of piperidine rings is 1. The molecule has 0 atom stereocenters. The van der Waals surface area contributed by atoms with Crippen molar-refractivity contribution in [1.82, 2.24) is 20.3 Å². The van der Waals surface area contributed by atoms with Crippen LogP contribution in [0.2, 0.25) is 0 Å². The molecule has 1 fully saturated rings. The van der Waals surface area contributed by atoms with Gasteiger partial charge in [0, 0.05) is 31.5 Å². The molecular formula is C21H22N4O5. The second-order valence-corrected chi connectivity index (χ2v) is 7.26. The van der Waals surface area contributed by atoms with Crippen molar-refractivity contribution in [2.75, 3.05) is 13.1 Å². The van der Waals surface area contributed by atoms with Crippen LogP contribution in [-0.4, -0.2) is 45.5 Å². The highest BCUT2D eigenvalue weighted by atomic mass is 16.6. The molecule has 4 rings (SSSR count). The van der Waals surface area contributed by atoms with Gasteiger partial charge in [0.05, 0.1) is 11.1 Å². The van der Waals surface area contributed by atoms with Crippen LogP contribution in [-0.2, 0) is 4.74 Å². The van der Waals surface area contributed by atoms with Gasteiger partial charge in [-0.1, -0.05) is 11.7 Å². The van der Waals surface area contributed by atoms with Crippen molar-refractivity contribution < 1.29 is 18.8 Å². The SMILES string of the molecule is C=C(C)OC(=O)N1CCC(Oc2ccc(-c3n[nH]c(=O)c4noc(C)c34)cc2)CC1. The molecule has 3 aromatic rings. The second-order valence-electron chi connectivity index (χ2n) is 7.26. The zero-order valence-corrected chi connectivity index (χ0v) is 16.8. The minimum Gasteiger partial charge on any atom is -0.490 e. The Hall–Kier alpha value is -3.62. The Labute approximate surface area is 172 Å². The van der Waals surface area contributed by atoms with Crippen LogP contribution >= 0.6 is 0 Å². The molecule has 156 valence electrons. The second kappa shape index (κ2) is 8.02. The highest BCUT2D eigenvalue weighted by molar-refractivity contribution is 5.92. The number of hydrogen-bond donors (Lipinski definition) is 1. The summed E-state index contributed by atoms with van der Waals surface area (Å²) in [6.45, 7) is 8.12. The number of hydrogen-bond acceptors (Lipinski definition) is 7. The summed E-state index contributed by atoms with van der Waals surface area (Å²) in [4.78, 5) is 25.5. The number of fused-ring (bicyclic) bond motifs is 1. The number of aryl methyl sites for hydroxylation is 1. The molecule has 0 spiro atoms. The number of carbonyl (C=O) groups is 1. The van der Waals surface area contributed by atoms with E-state index in [-0.39, 0.29) is 23.3 Å². The van der Waals surface area contributed by atoms with E-state index in [1.807, 2.05) is 24.3 Å². The summed E-state index contributed by atoms with van der Waals surface area (Å²) in [5, 5.41) is 11.0. The first-order valence-electron chi connectivity index (χ1n) is 9.66. The Morgan fingerprint density at radius 2 is 1.97 bits per heavy atom. The van der Waals surface area contributed by atoms with Crippen LogP contribution in [0.5, 0.6) is 5.75 Å². The zero-order chi connectivity index (χ0) is 21.3. The van der Waals surface area contributed by atoms with Crippen LogP contribution in [0, 0.1) is 6.92 Å². The van der Waals surface area contributed by atoms with E-state index < -0.39 is 0 Å². The molecule has 9 heteroatoms. The molecule has 1 amide bonds. The molecule has 1 aliphatic rings. The maximum atomic E-state index is 11.9. The number of H-pyrrole nitrogens is 1. The summed E-state index contributed by atoms with van der Waals surface area (Å²) < 4.78 is 16.3. The first-order valence-corrected chi connectivity index (χ1v) is 9.66. The third kappa shape index (κ3) is 3.91. The minimum absolute atomic E-state index is 0.0166.